The molecule has 0 aromatic heterocycles. The molecule has 1 fully saturated rings. The van der Waals surface area contributed by atoms with E-state index in [-0.39, 0.29) is 17.9 Å². The number of amides is 3. The van der Waals surface area contributed by atoms with Gasteiger partial charge in [-0.2, -0.15) is 0 Å². The van der Waals surface area contributed by atoms with Gasteiger partial charge in [0, 0.05) is 43.0 Å². The Balaban J connectivity index is 1.64. The van der Waals surface area contributed by atoms with Gasteiger partial charge in [-0.25, -0.2) is 4.79 Å². The molecule has 3 amide bonds. The van der Waals surface area contributed by atoms with E-state index in [1.54, 1.807) is 46.2 Å². The van der Waals surface area contributed by atoms with E-state index in [2.05, 4.69) is 5.32 Å². The Hall–Kier alpha value is -3.35. The summed E-state index contributed by atoms with van der Waals surface area (Å²) in [6.07, 6.45) is -0.360. The smallest absolute Gasteiger partial charge is 0.410 e. The number of ether oxygens (including phenoxy) is 1. The van der Waals surface area contributed by atoms with Crippen LogP contribution in [0.3, 0.4) is 0 Å². The number of rotatable bonds is 3. The third-order valence-electron chi connectivity index (χ3n) is 4.99. The van der Waals surface area contributed by atoms with Crippen LogP contribution in [-0.4, -0.2) is 59.5 Å². The Morgan fingerprint density at radius 2 is 1.48 bits per heavy atom. The molecule has 0 aliphatic carbocycles. The van der Waals surface area contributed by atoms with Crippen molar-refractivity contribution in [3.8, 4) is 0 Å². The van der Waals surface area contributed by atoms with E-state index in [9.17, 15) is 14.4 Å². The number of hydrogen-bond donors (Lipinski definition) is 1. The van der Waals surface area contributed by atoms with Crippen LogP contribution in [-0.2, 0) is 4.74 Å². The number of benzene rings is 2. The van der Waals surface area contributed by atoms with Crippen LogP contribution in [0.15, 0.2) is 48.5 Å². The zero-order valence-corrected chi connectivity index (χ0v) is 18.5. The van der Waals surface area contributed by atoms with Crippen molar-refractivity contribution in [2.24, 2.45) is 0 Å². The molecule has 31 heavy (non-hydrogen) atoms. The molecule has 7 nitrogen and oxygen atoms in total. The molecule has 0 spiro atoms. The summed E-state index contributed by atoms with van der Waals surface area (Å²) in [7, 11) is 0. The Morgan fingerprint density at radius 3 is 2.10 bits per heavy atom. The predicted octanol–water partition coefficient (Wildman–Crippen LogP) is 3.94. The third-order valence-corrected chi connectivity index (χ3v) is 4.99. The molecule has 0 atom stereocenters. The van der Waals surface area contributed by atoms with E-state index in [4.69, 9.17) is 4.74 Å². The van der Waals surface area contributed by atoms with E-state index in [1.807, 2.05) is 39.8 Å². The number of hydrogen-bond acceptors (Lipinski definition) is 4. The van der Waals surface area contributed by atoms with E-state index in [0.717, 1.165) is 5.56 Å². The van der Waals surface area contributed by atoms with Crippen molar-refractivity contribution in [2.45, 2.75) is 33.3 Å². The molecule has 1 saturated heterocycles. The van der Waals surface area contributed by atoms with Crippen molar-refractivity contribution in [2.75, 3.05) is 31.5 Å². The van der Waals surface area contributed by atoms with Gasteiger partial charge in [-0.15, -0.1) is 0 Å². The van der Waals surface area contributed by atoms with E-state index < -0.39 is 5.60 Å². The number of nitrogens with one attached hydrogen (secondary N) is 1. The van der Waals surface area contributed by atoms with Gasteiger partial charge in [0.15, 0.2) is 0 Å². The fraction of sp³-hybridized carbons (Fsp3) is 0.375. The molecule has 7 heteroatoms. The van der Waals surface area contributed by atoms with Crippen LogP contribution in [0.5, 0.6) is 0 Å². The molecular weight excluding hydrogens is 394 g/mol. The van der Waals surface area contributed by atoms with Crippen LogP contribution in [0.1, 0.15) is 47.1 Å². The van der Waals surface area contributed by atoms with Crippen molar-refractivity contribution < 1.29 is 19.1 Å². The van der Waals surface area contributed by atoms with Crippen LogP contribution in [0.2, 0.25) is 0 Å². The van der Waals surface area contributed by atoms with Gasteiger partial charge in [0.25, 0.3) is 11.8 Å². The lowest BCUT2D eigenvalue weighted by Gasteiger charge is -2.35. The van der Waals surface area contributed by atoms with Crippen LogP contribution in [0.25, 0.3) is 0 Å². The molecule has 0 radical (unpaired) electrons. The second-order valence-electron chi connectivity index (χ2n) is 8.61. The van der Waals surface area contributed by atoms with Gasteiger partial charge in [0.1, 0.15) is 5.60 Å². The zero-order valence-electron chi connectivity index (χ0n) is 18.5. The molecule has 164 valence electrons. The minimum Gasteiger partial charge on any atom is -0.444 e. The van der Waals surface area contributed by atoms with Crippen LogP contribution < -0.4 is 5.32 Å². The summed E-state index contributed by atoms with van der Waals surface area (Å²) >= 11 is 0. The monoisotopic (exact) mass is 423 g/mol. The van der Waals surface area contributed by atoms with Crippen molar-refractivity contribution in [3.63, 3.8) is 0 Å². The average Bonchev–Trinajstić information content (AvgIpc) is 2.74. The standard InChI is InChI=1S/C24H29N3O4/c1-17-10-11-19(16-20(17)25-21(28)18-8-6-5-7-9-18)22(29)26-12-14-27(15-13-26)23(30)31-24(2,3)4/h5-11,16H,12-15H2,1-4H3,(H,25,28). The highest BCUT2D eigenvalue weighted by Crippen LogP contribution is 2.20. The Bertz CT molecular complexity index is 959. The number of piperazine rings is 1. The average molecular weight is 424 g/mol. The number of carbonyl (C=O) groups excluding carboxylic acids is 3. The lowest BCUT2D eigenvalue weighted by atomic mass is 10.1. The number of aryl methyl sites for hydroxylation is 1. The molecular formula is C24H29N3O4. The summed E-state index contributed by atoms with van der Waals surface area (Å²) in [5.74, 6) is -0.349. The first-order chi connectivity index (χ1) is 14.6. The first-order valence-electron chi connectivity index (χ1n) is 10.4. The minimum atomic E-state index is -0.549. The summed E-state index contributed by atoms with van der Waals surface area (Å²) in [6, 6.07) is 14.2. The maximum atomic E-state index is 13.0. The highest BCUT2D eigenvalue weighted by molar-refractivity contribution is 6.05. The normalized spacial score (nSPS) is 14.2. The fourth-order valence-corrected chi connectivity index (χ4v) is 3.27. The first kappa shape index (κ1) is 22.3. The summed E-state index contributed by atoms with van der Waals surface area (Å²) < 4.78 is 5.40. The Kier molecular flexibility index (Phi) is 6.63. The summed E-state index contributed by atoms with van der Waals surface area (Å²) in [5.41, 5.74) is 1.98. The van der Waals surface area contributed by atoms with E-state index in [1.165, 1.54) is 0 Å². The molecule has 0 saturated carbocycles. The van der Waals surface area contributed by atoms with Gasteiger partial charge >= 0.3 is 6.09 Å². The van der Waals surface area contributed by atoms with Gasteiger partial charge in [0.2, 0.25) is 0 Å². The molecule has 3 rings (SSSR count). The maximum absolute atomic E-state index is 13.0. The SMILES string of the molecule is Cc1ccc(C(=O)N2CCN(C(=O)OC(C)(C)C)CC2)cc1NC(=O)c1ccccc1. The maximum Gasteiger partial charge on any atom is 0.410 e. The van der Waals surface area contributed by atoms with Gasteiger partial charge in [-0.05, 0) is 57.5 Å². The number of nitrogens with zero attached hydrogens (tertiary/aromatic N) is 2. The molecule has 0 unspecified atom stereocenters. The molecule has 2 aromatic rings. The van der Waals surface area contributed by atoms with Crippen LogP contribution in [0, 0.1) is 6.92 Å². The van der Waals surface area contributed by atoms with E-state index >= 15 is 0 Å². The lowest BCUT2D eigenvalue weighted by Crippen LogP contribution is -2.51. The highest BCUT2D eigenvalue weighted by Gasteiger charge is 2.28. The van der Waals surface area contributed by atoms with Gasteiger partial charge in [-0.3, -0.25) is 9.59 Å². The lowest BCUT2D eigenvalue weighted by molar-refractivity contribution is 0.0141. The topological polar surface area (TPSA) is 79.0 Å². The quantitative estimate of drug-likeness (QED) is 0.811. The second kappa shape index (κ2) is 9.20. The summed E-state index contributed by atoms with van der Waals surface area (Å²) in [5, 5.41) is 2.89. The minimum absolute atomic E-state index is 0.126. The largest absolute Gasteiger partial charge is 0.444 e. The predicted molar refractivity (Wildman–Crippen MR) is 119 cm³/mol. The first-order valence-corrected chi connectivity index (χ1v) is 10.4. The molecule has 2 aromatic carbocycles. The molecule has 0 bridgehead atoms. The summed E-state index contributed by atoms with van der Waals surface area (Å²) in [4.78, 5) is 41.1. The molecule has 1 N–H and O–H groups in total. The van der Waals surface area contributed by atoms with Gasteiger partial charge in [0.05, 0.1) is 0 Å². The van der Waals surface area contributed by atoms with Crippen LogP contribution in [0.4, 0.5) is 10.5 Å². The van der Waals surface area contributed by atoms with Gasteiger partial charge < -0.3 is 19.9 Å². The molecule has 1 aliphatic heterocycles. The number of anilines is 1. The highest BCUT2D eigenvalue weighted by atomic mass is 16.6. The summed E-state index contributed by atoms with van der Waals surface area (Å²) in [6.45, 7) is 9.07. The van der Waals surface area contributed by atoms with Crippen molar-refractivity contribution in [1.29, 1.82) is 0 Å². The molecule has 1 heterocycles. The van der Waals surface area contributed by atoms with Crippen molar-refractivity contribution in [1.82, 2.24) is 9.80 Å². The Morgan fingerprint density at radius 1 is 0.871 bits per heavy atom. The fourth-order valence-electron chi connectivity index (χ4n) is 3.27. The van der Waals surface area contributed by atoms with Crippen molar-refractivity contribution in [3.05, 3.63) is 65.2 Å². The molecule has 1 aliphatic rings. The third kappa shape index (κ3) is 5.84. The zero-order chi connectivity index (χ0) is 22.6. The second-order valence-corrected chi connectivity index (χ2v) is 8.61. The Labute approximate surface area is 183 Å². The number of carbonyl (C=O) groups is 3. The van der Waals surface area contributed by atoms with Crippen molar-refractivity contribution >= 4 is 23.6 Å². The van der Waals surface area contributed by atoms with Gasteiger partial charge in [-0.1, -0.05) is 24.3 Å². The van der Waals surface area contributed by atoms with Crippen LogP contribution >= 0.6 is 0 Å². The van der Waals surface area contributed by atoms with E-state index in [0.29, 0.717) is 43.0 Å².